The summed E-state index contributed by atoms with van der Waals surface area (Å²) in [6.45, 7) is 4.15. The molecule has 0 aromatic heterocycles. The zero-order valence-corrected chi connectivity index (χ0v) is 11.6. The maximum Gasteiger partial charge on any atom is 0.220 e. The van der Waals surface area contributed by atoms with Crippen LogP contribution >= 0.6 is 0 Å². The van der Waals surface area contributed by atoms with Crippen LogP contribution in [-0.4, -0.2) is 5.91 Å². The van der Waals surface area contributed by atoms with Crippen LogP contribution in [0.15, 0.2) is 42.5 Å². The molecule has 0 spiro atoms. The number of benzene rings is 2. The van der Waals surface area contributed by atoms with E-state index in [0.717, 1.165) is 12.8 Å². The maximum absolute atomic E-state index is 11.8. The Morgan fingerprint density at radius 2 is 1.89 bits per heavy atom. The van der Waals surface area contributed by atoms with Crippen LogP contribution in [0.5, 0.6) is 0 Å². The summed E-state index contributed by atoms with van der Waals surface area (Å²) in [5.41, 5.74) is 1.18. The van der Waals surface area contributed by atoms with E-state index >= 15 is 0 Å². The van der Waals surface area contributed by atoms with Crippen LogP contribution in [0.2, 0.25) is 0 Å². The monoisotopic (exact) mass is 255 g/mol. The summed E-state index contributed by atoms with van der Waals surface area (Å²) in [7, 11) is 0. The summed E-state index contributed by atoms with van der Waals surface area (Å²) >= 11 is 0. The Labute approximate surface area is 114 Å². The van der Waals surface area contributed by atoms with E-state index in [4.69, 9.17) is 0 Å². The molecule has 0 heterocycles. The molecule has 0 aliphatic rings. The number of amides is 1. The van der Waals surface area contributed by atoms with Crippen molar-refractivity contribution in [1.82, 2.24) is 5.32 Å². The zero-order chi connectivity index (χ0) is 13.7. The highest BCUT2D eigenvalue weighted by molar-refractivity contribution is 5.86. The normalized spacial score (nSPS) is 12.3. The molecular weight excluding hydrogens is 234 g/mol. The third kappa shape index (κ3) is 3.34. The highest BCUT2D eigenvalue weighted by Gasteiger charge is 2.11. The molecule has 2 aromatic carbocycles. The fraction of sp³-hybridized carbons (Fsp3) is 0.353. The molecule has 19 heavy (non-hydrogen) atoms. The number of hydrogen-bond acceptors (Lipinski definition) is 1. The van der Waals surface area contributed by atoms with Gasteiger partial charge in [0.25, 0.3) is 0 Å². The van der Waals surface area contributed by atoms with Crippen molar-refractivity contribution in [3.8, 4) is 0 Å². The Hall–Kier alpha value is -1.83. The van der Waals surface area contributed by atoms with Crippen LogP contribution in [0.1, 0.15) is 44.7 Å². The summed E-state index contributed by atoms with van der Waals surface area (Å²) in [5.74, 6) is 0.141. The Morgan fingerprint density at radius 1 is 1.16 bits per heavy atom. The molecule has 2 aromatic rings. The number of carbonyl (C=O) groups is 1. The predicted molar refractivity (Wildman–Crippen MR) is 80.0 cm³/mol. The van der Waals surface area contributed by atoms with Gasteiger partial charge in [0.2, 0.25) is 5.91 Å². The zero-order valence-electron chi connectivity index (χ0n) is 11.6. The lowest BCUT2D eigenvalue weighted by atomic mass is 9.99. The molecule has 1 N–H and O–H groups in total. The van der Waals surface area contributed by atoms with Crippen LogP contribution in [-0.2, 0) is 4.79 Å². The van der Waals surface area contributed by atoms with Gasteiger partial charge in [-0.2, -0.15) is 0 Å². The standard InChI is InChI=1S/C17H21NO/c1-3-4-12-17(19)18-13(2)15-11-7-9-14-8-5-6-10-16(14)15/h5-11,13H,3-4,12H2,1-2H3,(H,18,19). The SMILES string of the molecule is CCCCC(=O)NC(C)c1cccc2ccccc12. The molecule has 0 fully saturated rings. The lowest BCUT2D eigenvalue weighted by Crippen LogP contribution is -2.26. The molecule has 1 atom stereocenters. The number of rotatable bonds is 5. The lowest BCUT2D eigenvalue weighted by molar-refractivity contribution is -0.121. The molecule has 0 saturated heterocycles. The first-order chi connectivity index (χ1) is 9.22. The second-order valence-electron chi connectivity index (χ2n) is 4.96. The Bertz CT molecular complexity index is 557. The van der Waals surface area contributed by atoms with Crippen LogP contribution in [0.25, 0.3) is 10.8 Å². The summed E-state index contributed by atoms with van der Waals surface area (Å²) < 4.78 is 0. The van der Waals surface area contributed by atoms with Crippen molar-refractivity contribution in [3.05, 3.63) is 48.0 Å². The minimum Gasteiger partial charge on any atom is -0.350 e. The van der Waals surface area contributed by atoms with Gasteiger partial charge in [-0.05, 0) is 29.7 Å². The maximum atomic E-state index is 11.8. The number of nitrogens with one attached hydrogen (secondary N) is 1. The molecule has 0 bridgehead atoms. The molecule has 0 aliphatic heterocycles. The smallest absolute Gasteiger partial charge is 0.220 e. The average molecular weight is 255 g/mol. The molecule has 0 aliphatic carbocycles. The second kappa shape index (κ2) is 6.37. The molecule has 1 unspecified atom stereocenters. The van der Waals surface area contributed by atoms with Gasteiger partial charge in [0, 0.05) is 6.42 Å². The van der Waals surface area contributed by atoms with Crippen molar-refractivity contribution in [2.24, 2.45) is 0 Å². The molecular formula is C17H21NO. The molecule has 2 heteroatoms. The Kier molecular flexibility index (Phi) is 4.56. The first-order valence-electron chi connectivity index (χ1n) is 6.99. The molecule has 2 rings (SSSR count). The van der Waals surface area contributed by atoms with Gasteiger partial charge in [0.05, 0.1) is 6.04 Å². The van der Waals surface area contributed by atoms with Crippen LogP contribution < -0.4 is 5.32 Å². The van der Waals surface area contributed by atoms with Gasteiger partial charge in [-0.3, -0.25) is 4.79 Å². The highest BCUT2D eigenvalue weighted by Crippen LogP contribution is 2.24. The number of unbranched alkanes of at least 4 members (excludes halogenated alkanes) is 1. The van der Waals surface area contributed by atoms with Crippen molar-refractivity contribution in [2.45, 2.75) is 39.2 Å². The second-order valence-corrected chi connectivity index (χ2v) is 4.96. The van der Waals surface area contributed by atoms with Crippen LogP contribution in [0, 0.1) is 0 Å². The van der Waals surface area contributed by atoms with E-state index in [2.05, 4.69) is 36.5 Å². The molecule has 0 radical (unpaired) electrons. The van der Waals surface area contributed by atoms with Crippen LogP contribution in [0.4, 0.5) is 0 Å². The van der Waals surface area contributed by atoms with E-state index in [0.29, 0.717) is 6.42 Å². The van der Waals surface area contributed by atoms with Crippen molar-refractivity contribution in [3.63, 3.8) is 0 Å². The van der Waals surface area contributed by atoms with Crippen molar-refractivity contribution in [1.29, 1.82) is 0 Å². The average Bonchev–Trinajstić information content (AvgIpc) is 2.44. The van der Waals surface area contributed by atoms with Crippen molar-refractivity contribution >= 4 is 16.7 Å². The quantitative estimate of drug-likeness (QED) is 0.852. The van der Waals surface area contributed by atoms with Crippen molar-refractivity contribution < 1.29 is 4.79 Å². The molecule has 100 valence electrons. The van der Waals surface area contributed by atoms with E-state index in [9.17, 15) is 4.79 Å². The van der Waals surface area contributed by atoms with E-state index in [1.54, 1.807) is 0 Å². The predicted octanol–water partition coefficient (Wildman–Crippen LogP) is 4.21. The summed E-state index contributed by atoms with van der Waals surface area (Å²) in [5, 5.41) is 5.52. The van der Waals surface area contributed by atoms with E-state index in [1.165, 1.54) is 16.3 Å². The Morgan fingerprint density at radius 3 is 2.68 bits per heavy atom. The largest absolute Gasteiger partial charge is 0.350 e. The fourth-order valence-corrected chi connectivity index (χ4v) is 2.36. The molecule has 0 saturated carbocycles. The van der Waals surface area contributed by atoms with Gasteiger partial charge in [-0.15, -0.1) is 0 Å². The van der Waals surface area contributed by atoms with Crippen molar-refractivity contribution in [2.75, 3.05) is 0 Å². The number of carbonyl (C=O) groups excluding carboxylic acids is 1. The third-order valence-electron chi connectivity index (χ3n) is 3.42. The summed E-state index contributed by atoms with van der Waals surface area (Å²) in [6.07, 6.45) is 2.62. The first kappa shape index (κ1) is 13.6. The van der Waals surface area contributed by atoms with Gasteiger partial charge in [-0.25, -0.2) is 0 Å². The Balaban J connectivity index is 2.17. The molecule has 2 nitrogen and oxygen atoms in total. The fourth-order valence-electron chi connectivity index (χ4n) is 2.36. The summed E-state index contributed by atoms with van der Waals surface area (Å²) in [6, 6.07) is 14.6. The number of fused-ring (bicyclic) bond motifs is 1. The van der Waals surface area contributed by atoms with Gasteiger partial charge < -0.3 is 5.32 Å². The van der Waals surface area contributed by atoms with Gasteiger partial charge in [-0.1, -0.05) is 55.8 Å². The van der Waals surface area contributed by atoms with Gasteiger partial charge >= 0.3 is 0 Å². The van der Waals surface area contributed by atoms with Gasteiger partial charge in [0.1, 0.15) is 0 Å². The lowest BCUT2D eigenvalue weighted by Gasteiger charge is -2.16. The third-order valence-corrected chi connectivity index (χ3v) is 3.42. The highest BCUT2D eigenvalue weighted by atomic mass is 16.1. The summed E-state index contributed by atoms with van der Waals surface area (Å²) in [4.78, 5) is 11.8. The van der Waals surface area contributed by atoms with Crippen LogP contribution in [0.3, 0.4) is 0 Å². The number of hydrogen-bond donors (Lipinski definition) is 1. The topological polar surface area (TPSA) is 29.1 Å². The van der Waals surface area contributed by atoms with Gasteiger partial charge in [0.15, 0.2) is 0 Å². The minimum absolute atomic E-state index is 0.0513. The minimum atomic E-state index is 0.0513. The van der Waals surface area contributed by atoms with E-state index in [-0.39, 0.29) is 11.9 Å². The first-order valence-corrected chi connectivity index (χ1v) is 6.99. The van der Waals surface area contributed by atoms with E-state index in [1.807, 2.05) is 25.1 Å². The molecule has 1 amide bonds. The van der Waals surface area contributed by atoms with E-state index < -0.39 is 0 Å².